The van der Waals surface area contributed by atoms with Crippen molar-refractivity contribution in [2.45, 2.75) is 39.5 Å². The lowest BCUT2D eigenvalue weighted by molar-refractivity contribution is -0.00227. The van der Waals surface area contributed by atoms with Crippen molar-refractivity contribution in [2.75, 3.05) is 52.9 Å². The van der Waals surface area contributed by atoms with Crippen LogP contribution in [0, 0.1) is 0 Å². The summed E-state index contributed by atoms with van der Waals surface area (Å²) in [7, 11) is 0. The van der Waals surface area contributed by atoms with Crippen molar-refractivity contribution in [1.82, 2.24) is 0 Å². The van der Waals surface area contributed by atoms with E-state index in [0.717, 1.165) is 26.1 Å². The van der Waals surface area contributed by atoms with Gasteiger partial charge in [-0.3, -0.25) is 0 Å². The van der Waals surface area contributed by atoms with Crippen molar-refractivity contribution < 1.29 is 18.9 Å². The first-order valence-corrected chi connectivity index (χ1v) is 7.22. The summed E-state index contributed by atoms with van der Waals surface area (Å²) in [6.07, 6.45) is 4.60. The summed E-state index contributed by atoms with van der Waals surface area (Å²) in [5.41, 5.74) is 0. The molecular weight excluding hydrogens is 232 g/mol. The van der Waals surface area contributed by atoms with Crippen LogP contribution >= 0.6 is 0 Å². The van der Waals surface area contributed by atoms with Crippen LogP contribution in [0.3, 0.4) is 0 Å². The fourth-order valence-electron chi connectivity index (χ4n) is 1.25. The van der Waals surface area contributed by atoms with Crippen LogP contribution in [0.25, 0.3) is 0 Å². The van der Waals surface area contributed by atoms with Gasteiger partial charge >= 0.3 is 0 Å². The van der Waals surface area contributed by atoms with E-state index < -0.39 is 0 Å². The normalized spacial score (nSPS) is 11.0. The van der Waals surface area contributed by atoms with Crippen molar-refractivity contribution in [3.63, 3.8) is 0 Å². The number of hydrogen-bond donors (Lipinski definition) is 0. The van der Waals surface area contributed by atoms with E-state index in [4.69, 9.17) is 18.9 Å². The second-order valence-corrected chi connectivity index (χ2v) is 4.16. The Bertz CT molecular complexity index is 126. The zero-order valence-electron chi connectivity index (χ0n) is 12.1. The molecule has 0 spiro atoms. The van der Waals surface area contributed by atoms with Crippen molar-refractivity contribution in [1.29, 1.82) is 0 Å². The lowest BCUT2D eigenvalue weighted by Gasteiger charge is -2.07. The first kappa shape index (κ1) is 17.8. The summed E-state index contributed by atoms with van der Waals surface area (Å²) in [6.45, 7) is 9.92. The number of ether oxygens (including phenoxy) is 4. The summed E-state index contributed by atoms with van der Waals surface area (Å²) in [5.74, 6) is 0. The predicted octanol–water partition coefficient (Wildman–Crippen LogP) is 2.65. The Balaban J connectivity index is 2.86. The van der Waals surface area contributed by atoms with Crippen LogP contribution in [0.5, 0.6) is 0 Å². The van der Waals surface area contributed by atoms with E-state index in [1.54, 1.807) is 0 Å². The average molecular weight is 262 g/mol. The highest BCUT2D eigenvalue weighted by atomic mass is 16.6. The Morgan fingerprint density at radius 1 is 0.444 bits per heavy atom. The van der Waals surface area contributed by atoms with Crippen molar-refractivity contribution in [3.8, 4) is 0 Å². The summed E-state index contributed by atoms with van der Waals surface area (Å²) in [6, 6.07) is 0. The third-order valence-corrected chi connectivity index (χ3v) is 2.40. The molecule has 0 aliphatic rings. The van der Waals surface area contributed by atoms with Gasteiger partial charge in [-0.25, -0.2) is 0 Å². The minimum absolute atomic E-state index is 0.631. The van der Waals surface area contributed by atoms with Gasteiger partial charge in [0.25, 0.3) is 0 Å². The highest BCUT2D eigenvalue weighted by Gasteiger charge is 1.92. The average Bonchev–Trinajstić information content (AvgIpc) is 2.39. The summed E-state index contributed by atoms with van der Waals surface area (Å²) in [4.78, 5) is 0. The molecule has 0 aromatic rings. The maximum atomic E-state index is 5.37. The second kappa shape index (κ2) is 16.8. The number of unbranched alkanes of at least 4 members (excludes halogenated alkanes) is 2. The zero-order chi connectivity index (χ0) is 13.3. The highest BCUT2D eigenvalue weighted by Crippen LogP contribution is 1.89. The fraction of sp³-hybridized carbons (Fsp3) is 1.00. The molecule has 4 nitrogen and oxygen atoms in total. The molecule has 0 N–H and O–H groups in total. The molecule has 0 saturated heterocycles. The van der Waals surface area contributed by atoms with E-state index in [2.05, 4.69) is 13.8 Å². The van der Waals surface area contributed by atoms with Crippen molar-refractivity contribution >= 4 is 0 Å². The molecule has 4 heteroatoms. The maximum Gasteiger partial charge on any atom is 0.0701 e. The molecule has 18 heavy (non-hydrogen) atoms. The Morgan fingerprint density at radius 2 is 0.722 bits per heavy atom. The van der Waals surface area contributed by atoms with E-state index in [1.165, 1.54) is 12.8 Å². The molecule has 0 bridgehead atoms. The molecular formula is C14H30O4. The molecule has 0 heterocycles. The SMILES string of the molecule is CCCCOCCOCCOCCOCCCC. The minimum Gasteiger partial charge on any atom is -0.379 e. The van der Waals surface area contributed by atoms with E-state index in [-0.39, 0.29) is 0 Å². The van der Waals surface area contributed by atoms with Crippen LogP contribution in [-0.4, -0.2) is 52.9 Å². The zero-order valence-corrected chi connectivity index (χ0v) is 12.1. The fourth-order valence-corrected chi connectivity index (χ4v) is 1.25. The van der Waals surface area contributed by atoms with Crippen LogP contribution in [0.4, 0.5) is 0 Å². The van der Waals surface area contributed by atoms with Gasteiger partial charge in [0.1, 0.15) is 0 Å². The molecule has 0 aromatic heterocycles. The largest absolute Gasteiger partial charge is 0.379 e. The van der Waals surface area contributed by atoms with E-state index in [9.17, 15) is 0 Å². The second-order valence-electron chi connectivity index (χ2n) is 4.16. The van der Waals surface area contributed by atoms with Gasteiger partial charge in [-0.2, -0.15) is 0 Å². The molecule has 0 atom stereocenters. The Hall–Kier alpha value is -0.160. The van der Waals surface area contributed by atoms with Gasteiger partial charge in [-0.1, -0.05) is 26.7 Å². The first-order valence-electron chi connectivity index (χ1n) is 7.22. The van der Waals surface area contributed by atoms with Gasteiger partial charge in [0, 0.05) is 13.2 Å². The van der Waals surface area contributed by atoms with E-state index in [1.807, 2.05) is 0 Å². The smallest absolute Gasteiger partial charge is 0.0701 e. The summed E-state index contributed by atoms with van der Waals surface area (Å²) < 4.78 is 21.5. The Kier molecular flexibility index (Phi) is 16.7. The Morgan fingerprint density at radius 3 is 1.00 bits per heavy atom. The van der Waals surface area contributed by atoms with Gasteiger partial charge in [0.05, 0.1) is 39.6 Å². The molecule has 0 aliphatic heterocycles. The molecule has 0 unspecified atom stereocenters. The molecule has 0 fully saturated rings. The van der Waals surface area contributed by atoms with Gasteiger partial charge in [0.15, 0.2) is 0 Å². The summed E-state index contributed by atoms with van der Waals surface area (Å²) in [5, 5.41) is 0. The third kappa shape index (κ3) is 15.8. The molecule has 0 aromatic carbocycles. The molecule has 0 aliphatic carbocycles. The van der Waals surface area contributed by atoms with Crippen LogP contribution in [-0.2, 0) is 18.9 Å². The monoisotopic (exact) mass is 262 g/mol. The predicted molar refractivity (Wildman–Crippen MR) is 73.1 cm³/mol. The molecule has 110 valence electrons. The van der Waals surface area contributed by atoms with Crippen molar-refractivity contribution in [3.05, 3.63) is 0 Å². The number of hydrogen-bond acceptors (Lipinski definition) is 4. The van der Waals surface area contributed by atoms with E-state index in [0.29, 0.717) is 39.6 Å². The first-order chi connectivity index (χ1) is 8.91. The maximum absolute atomic E-state index is 5.37. The Labute approximate surface area is 112 Å². The molecule has 0 radical (unpaired) electrons. The third-order valence-electron chi connectivity index (χ3n) is 2.40. The van der Waals surface area contributed by atoms with Gasteiger partial charge < -0.3 is 18.9 Å². The van der Waals surface area contributed by atoms with Crippen LogP contribution in [0.1, 0.15) is 39.5 Å². The standard InChI is InChI=1S/C14H30O4/c1-3-5-7-15-9-11-17-13-14-18-12-10-16-8-6-4-2/h3-14H2,1-2H3. The molecule has 0 saturated carbocycles. The van der Waals surface area contributed by atoms with Gasteiger partial charge in [-0.15, -0.1) is 0 Å². The topological polar surface area (TPSA) is 36.9 Å². The van der Waals surface area contributed by atoms with Crippen LogP contribution in [0.15, 0.2) is 0 Å². The minimum atomic E-state index is 0.631. The van der Waals surface area contributed by atoms with Crippen LogP contribution in [0.2, 0.25) is 0 Å². The summed E-state index contributed by atoms with van der Waals surface area (Å²) >= 11 is 0. The van der Waals surface area contributed by atoms with Crippen molar-refractivity contribution in [2.24, 2.45) is 0 Å². The van der Waals surface area contributed by atoms with Gasteiger partial charge in [0.2, 0.25) is 0 Å². The van der Waals surface area contributed by atoms with E-state index >= 15 is 0 Å². The molecule has 0 amide bonds. The quantitative estimate of drug-likeness (QED) is 0.425. The molecule has 0 rings (SSSR count). The highest BCUT2D eigenvalue weighted by molar-refractivity contribution is 4.36. The lowest BCUT2D eigenvalue weighted by Crippen LogP contribution is -2.12. The lowest BCUT2D eigenvalue weighted by atomic mass is 10.4. The number of rotatable bonds is 15. The van der Waals surface area contributed by atoms with Gasteiger partial charge in [-0.05, 0) is 12.8 Å². The van der Waals surface area contributed by atoms with Crippen LogP contribution < -0.4 is 0 Å².